The summed E-state index contributed by atoms with van der Waals surface area (Å²) in [5.74, 6) is 0.594. The lowest BCUT2D eigenvalue weighted by atomic mass is 9.70. The van der Waals surface area contributed by atoms with E-state index in [0.29, 0.717) is 5.92 Å². The van der Waals surface area contributed by atoms with Gasteiger partial charge in [0.25, 0.3) is 0 Å². The molecule has 2 heteroatoms. The second-order valence-corrected chi connectivity index (χ2v) is 7.12. The van der Waals surface area contributed by atoms with Gasteiger partial charge in [0.15, 0.2) is 0 Å². The lowest BCUT2D eigenvalue weighted by Gasteiger charge is -2.37. The van der Waals surface area contributed by atoms with Gasteiger partial charge in [0.05, 0.1) is 6.10 Å². The first kappa shape index (κ1) is 13.1. The van der Waals surface area contributed by atoms with Crippen molar-refractivity contribution in [1.82, 2.24) is 5.32 Å². The molecule has 2 bridgehead atoms. The molecular weight excluding hydrogens is 234 g/mol. The van der Waals surface area contributed by atoms with Crippen LogP contribution in [-0.4, -0.2) is 17.3 Å². The molecule has 2 saturated carbocycles. The summed E-state index contributed by atoms with van der Waals surface area (Å²) in [6.07, 6.45) is 2.19. The summed E-state index contributed by atoms with van der Waals surface area (Å²) in [6, 6.07) is 10.7. The molecule has 0 radical (unpaired) electrons. The van der Waals surface area contributed by atoms with Crippen LogP contribution in [0.3, 0.4) is 0 Å². The Morgan fingerprint density at radius 3 is 2.47 bits per heavy atom. The normalized spacial score (nSPS) is 39.7. The van der Waals surface area contributed by atoms with Gasteiger partial charge in [-0.05, 0) is 29.7 Å². The Morgan fingerprint density at radius 1 is 1.21 bits per heavy atom. The minimum atomic E-state index is -0.218. The van der Waals surface area contributed by atoms with Gasteiger partial charge in [0, 0.05) is 18.0 Å². The summed E-state index contributed by atoms with van der Waals surface area (Å²) in [6.45, 7) is 7.78. The molecule has 104 valence electrons. The number of benzene rings is 1. The van der Waals surface area contributed by atoms with Crippen LogP contribution in [0, 0.1) is 16.7 Å². The molecule has 2 N–H and O–H groups in total. The average molecular weight is 259 g/mol. The fourth-order valence-electron chi connectivity index (χ4n) is 4.42. The zero-order valence-electron chi connectivity index (χ0n) is 12.2. The van der Waals surface area contributed by atoms with Gasteiger partial charge in [0.1, 0.15) is 0 Å². The molecule has 0 heterocycles. The van der Waals surface area contributed by atoms with E-state index in [9.17, 15) is 5.11 Å². The SMILES string of the molecule is CC1(C)[C@@H]2CC[C@@]1(C)[C@H](O)[C@H]2NCc1ccccc1. The van der Waals surface area contributed by atoms with Crippen LogP contribution in [0.2, 0.25) is 0 Å². The quantitative estimate of drug-likeness (QED) is 0.874. The number of nitrogens with one attached hydrogen (secondary N) is 1. The van der Waals surface area contributed by atoms with Crippen molar-refractivity contribution in [3.8, 4) is 0 Å². The maximum atomic E-state index is 10.7. The van der Waals surface area contributed by atoms with Crippen molar-refractivity contribution in [2.75, 3.05) is 0 Å². The maximum Gasteiger partial charge on any atom is 0.0754 e. The number of hydrogen-bond donors (Lipinski definition) is 2. The predicted octanol–water partition coefficient (Wildman–Crippen LogP) is 2.96. The minimum Gasteiger partial charge on any atom is -0.391 e. The van der Waals surface area contributed by atoms with Crippen LogP contribution < -0.4 is 5.32 Å². The lowest BCUT2D eigenvalue weighted by molar-refractivity contribution is -0.000176. The maximum absolute atomic E-state index is 10.7. The Labute approximate surface area is 116 Å². The van der Waals surface area contributed by atoms with E-state index < -0.39 is 0 Å². The first-order chi connectivity index (χ1) is 8.97. The average Bonchev–Trinajstić information content (AvgIpc) is 2.70. The van der Waals surface area contributed by atoms with Crippen LogP contribution in [-0.2, 0) is 6.54 Å². The van der Waals surface area contributed by atoms with E-state index in [4.69, 9.17) is 0 Å². The summed E-state index contributed by atoms with van der Waals surface area (Å²) < 4.78 is 0. The third-order valence-corrected chi connectivity index (χ3v) is 6.18. The summed E-state index contributed by atoms with van der Waals surface area (Å²) in [5.41, 5.74) is 1.60. The van der Waals surface area contributed by atoms with Crippen LogP contribution in [0.5, 0.6) is 0 Å². The van der Waals surface area contributed by atoms with Gasteiger partial charge in [-0.3, -0.25) is 0 Å². The molecule has 0 amide bonds. The molecule has 1 aromatic rings. The molecular formula is C17H25NO. The van der Waals surface area contributed by atoms with Gasteiger partial charge in [-0.1, -0.05) is 51.1 Å². The van der Waals surface area contributed by atoms with Crippen molar-refractivity contribution in [3.05, 3.63) is 35.9 Å². The molecule has 3 rings (SSSR count). The highest BCUT2D eigenvalue weighted by Gasteiger charge is 2.65. The molecule has 19 heavy (non-hydrogen) atoms. The van der Waals surface area contributed by atoms with E-state index in [1.54, 1.807) is 0 Å². The summed E-state index contributed by atoms with van der Waals surface area (Å²) in [4.78, 5) is 0. The Balaban J connectivity index is 1.74. The van der Waals surface area contributed by atoms with E-state index in [1.807, 2.05) is 6.07 Å². The van der Waals surface area contributed by atoms with Crippen LogP contribution in [0.25, 0.3) is 0 Å². The molecule has 0 saturated heterocycles. The van der Waals surface area contributed by atoms with E-state index in [0.717, 1.165) is 13.0 Å². The first-order valence-electron chi connectivity index (χ1n) is 7.42. The Morgan fingerprint density at radius 2 is 1.89 bits per heavy atom. The molecule has 2 aliphatic rings. The van der Waals surface area contributed by atoms with Crippen LogP contribution in [0.1, 0.15) is 39.2 Å². The van der Waals surface area contributed by atoms with E-state index >= 15 is 0 Å². The Bertz CT molecular complexity index is 456. The standard InChI is InChI=1S/C17H25NO/c1-16(2)13-9-10-17(16,3)15(19)14(13)18-11-12-7-5-4-6-8-12/h4-8,13-15,18-19H,9-11H2,1-3H3/t13-,14+,15-,17+/m1/s1. The lowest BCUT2D eigenvalue weighted by Crippen LogP contribution is -2.46. The van der Waals surface area contributed by atoms with Crippen LogP contribution in [0.15, 0.2) is 30.3 Å². The highest BCUT2D eigenvalue weighted by Crippen LogP contribution is 2.65. The van der Waals surface area contributed by atoms with Gasteiger partial charge in [-0.2, -0.15) is 0 Å². The summed E-state index contributed by atoms with van der Waals surface area (Å²) in [5, 5.41) is 14.3. The topological polar surface area (TPSA) is 32.3 Å². The van der Waals surface area contributed by atoms with Crippen molar-refractivity contribution in [3.63, 3.8) is 0 Å². The molecule has 2 nitrogen and oxygen atoms in total. The molecule has 2 aliphatic carbocycles. The van der Waals surface area contributed by atoms with Crippen molar-refractivity contribution >= 4 is 0 Å². The zero-order valence-corrected chi connectivity index (χ0v) is 12.2. The van der Waals surface area contributed by atoms with Gasteiger partial charge >= 0.3 is 0 Å². The molecule has 4 atom stereocenters. The molecule has 0 unspecified atom stereocenters. The molecule has 0 aliphatic heterocycles. The predicted molar refractivity (Wildman–Crippen MR) is 77.7 cm³/mol. The number of fused-ring (bicyclic) bond motifs is 2. The van der Waals surface area contributed by atoms with E-state index in [1.165, 1.54) is 12.0 Å². The van der Waals surface area contributed by atoms with E-state index in [-0.39, 0.29) is 23.0 Å². The van der Waals surface area contributed by atoms with Crippen molar-refractivity contribution in [2.45, 2.75) is 52.3 Å². The highest BCUT2D eigenvalue weighted by atomic mass is 16.3. The molecule has 0 spiro atoms. The van der Waals surface area contributed by atoms with Gasteiger partial charge in [-0.25, -0.2) is 0 Å². The smallest absolute Gasteiger partial charge is 0.0754 e. The second-order valence-electron chi connectivity index (χ2n) is 7.12. The Hall–Kier alpha value is -0.860. The minimum absolute atomic E-state index is 0.0754. The Kier molecular flexibility index (Phi) is 2.99. The third-order valence-electron chi connectivity index (χ3n) is 6.18. The number of aliphatic hydroxyl groups excluding tert-OH is 1. The number of aliphatic hydroxyl groups is 1. The van der Waals surface area contributed by atoms with Crippen molar-refractivity contribution in [2.24, 2.45) is 16.7 Å². The monoisotopic (exact) mass is 259 g/mol. The van der Waals surface area contributed by atoms with Crippen molar-refractivity contribution < 1.29 is 5.11 Å². The van der Waals surface area contributed by atoms with E-state index in [2.05, 4.69) is 50.4 Å². The molecule has 1 aromatic carbocycles. The second kappa shape index (κ2) is 4.32. The number of hydrogen-bond acceptors (Lipinski definition) is 2. The van der Waals surface area contributed by atoms with Crippen molar-refractivity contribution in [1.29, 1.82) is 0 Å². The fraction of sp³-hybridized carbons (Fsp3) is 0.647. The first-order valence-corrected chi connectivity index (χ1v) is 7.42. The van der Waals surface area contributed by atoms with Crippen LogP contribution in [0.4, 0.5) is 0 Å². The molecule has 0 aromatic heterocycles. The largest absolute Gasteiger partial charge is 0.391 e. The van der Waals surface area contributed by atoms with Crippen LogP contribution >= 0.6 is 0 Å². The molecule has 2 fully saturated rings. The third kappa shape index (κ3) is 1.77. The zero-order chi connectivity index (χ0) is 13.7. The summed E-state index contributed by atoms with van der Waals surface area (Å²) >= 11 is 0. The van der Waals surface area contributed by atoms with Gasteiger partial charge in [0.2, 0.25) is 0 Å². The fourth-order valence-corrected chi connectivity index (χ4v) is 4.42. The van der Waals surface area contributed by atoms with Gasteiger partial charge in [-0.15, -0.1) is 0 Å². The van der Waals surface area contributed by atoms with Gasteiger partial charge < -0.3 is 10.4 Å². The summed E-state index contributed by atoms with van der Waals surface area (Å²) in [7, 11) is 0. The highest BCUT2D eigenvalue weighted by molar-refractivity contribution is 5.19. The number of rotatable bonds is 3.